The molecule has 0 heterocycles. The molecule has 84 valence electrons. The Kier molecular flexibility index (Phi) is 5.17. The molecule has 0 saturated heterocycles. The number of hydrogen-bond donors (Lipinski definition) is 2. The van der Waals surface area contributed by atoms with Gasteiger partial charge in [-0.05, 0) is 54.1 Å². The van der Waals surface area contributed by atoms with E-state index in [0.717, 1.165) is 28.0 Å². The maximum Gasteiger partial charge on any atom is 0.0576 e. The van der Waals surface area contributed by atoms with Gasteiger partial charge in [0.2, 0.25) is 0 Å². The molecule has 0 radical (unpaired) electrons. The van der Waals surface area contributed by atoms with E-state index in [9.17, 15) is 0 Å². The zero-order valence-electron chi connectivity index (χ0n) is 9.09. The number of benzene rings is 1. The fourth-order valence-electron chi connectivity index (χ4n) is 1.30. The van der Waals surface area contributed by atoms with Crippen LogP contribution in [-0.2, 0) is 4.74 Å². The van der Waals surface area contributed by atoms with Gasteiger partial charge in [-0.3, -0.25) is 0 Å². The average Bonchev–Trinajstić information content (AvgIpc) is 2.19. The van der Waals surface area contributed by atoms with Crippen molar-refractivity contribution in [3.05, 3.63) is 21.8 Å². The number of nitrogens with one attached hydrogen (secondary N) is 1. The molecular formula is C11H17IN2O. The van der Waals surface area contributed by atoms with Crippen molar-refractivity contribution in [2.75, 3.05) is 24.8 Å². The Morgan fingerprint density at radius 1 is 1.53 bits per heavy atom. The molecule has 0 spiro atoms. The molecule has 0 aliphatic heterocycles. The normalized spacial score (nSPS) is 12.5. The minimum atomic E-state index is 0.368. The molecular weight excluding hydrogens is 303 g/mol. The van der Waals surface area contributed by atoms with Gasteiger partial charge in [0.05, 0.1) is 11.4 Å². The molecule has 3 nitrogen and oxygen atoms in total. The van der Waals surface area contributed by atoms with Gasteiger partial charge in [-0.15, -0.1) is 0 Å². The molecule has 0 aliphatic carbocycles. The summed E-state index contributed by atoms with van der Waals surface area (Å²) in [6.07, 6.45) is 0.974. The maximum absolute atomic E-state index is 5.90. The third-order valence-corrected chi connectivity index (χ3v) is 2.84. The lowest BCUT2D eigenvalue weighted by Crippen LogP contribution is -2.18. The molecule has 1 aromatic rings. The molecule has 1 atom stereocenters. The Hall–Kier alpha value is -0.490. The quantitative estimate of drug-likeness (QED) is 0.648. The number of nitrogens with two attached hydrogens (primary N) is 1. The summed E-state index contributed by atoms with van der Waals surface area (Å²) >= 11 is 2.25. The first kappa shape index (κ1) is 12.6. The number of hydrogen-bond acceptors (Lipinski definition) is 3. The molecule has 0 aliphatic rings. The van der Waals surface area contributed by atoms with Gasteiger partial charge in [0.15, 0.2) is 0 Å². The van der Waals surface area contributed by atoms with E-state index in [4.69, 9.17) is 10.5 Å². The van der Waals surface area contributed by atoms with E-state index in [1.807, 2.05) is 18.2 Å². The van der Waals surface area contributed by atoms with Crippen molar-refractivity contribution in [3.63, 3.8) is 0 Å². The highest BCUT2D eigenvalue weighted by atomic mass is 127. The Labute approximate surface area is 105 Å². The predicted molar refractivity (Wildman–Crippen MR) is 73.1 cm³/mol. The molecule has 0 fully saturated rings. The summed E-state index contributed by atoms with van der Waals surface area (Å²) in [5.74, 6) is 0. The van der Waals surface area contributed by atoms with Crippen LogP contribution < -0.4 is 11.1 Å². The molecule has 3 N–H and O–H groups in total. The minimum Gasteiger partial charge on any atom is -0.397 e. The molecule has 1 rings (SSSR count). The van der Waals surface area contributed by atoms with Crippen LogP contribution in [0.15, 0.2) is 18.2 Å². The van der Waals surface area contributed by atoms with Gasteiger partial charge < -0.3 is 15.8 Å². The van der Waals surface area contributed by atoms with Crippen LogP contribution in [0.4, 0.5) is 11.4 Å². The summed E-state index contributed by atoms with van der Waals surface area (Å²) in [4.78, 5) is 0. The van der Waals surface area contributed by atoms with Crippen LogP contribution >= 0.6 is 22.6 Å². The molecule has 1 aromatic carbocycles. The lowest BCUT2D eigenvalue weighted by atomic mass is 10.2. The molecule has 0 aromatic heterocycles. The average molecular weight is 320 g/mol. The van der Waals surface area contributed by atoms with Crippen molar-refractivity contribution in [1.82, 2.24) is 0 Å². The van der Waals surface area contributed by atoms with E-state index in [0.29, 0.717) is 6.04 Å². The first-order valence-electron chi connectivity index (χ1n) is 4.94. The van der Waals surface area contributed by atoms with Crippen molar-refractivity contribution in [1.29, 1.82) is 0 Å². The summed E-state index contributed by atoms with van der Waals surface area (Å²) in [6.45, 7) is 2.88. The van der Waals surface area contributed by atoms with Gasteiger partial charge in [0, 0.05) is 23.3 Å². The van der Waals surface area contributed by atoms with Gasteiger partial charge in [-0.2, -0.15) is 0 Å². The largest absolute Gasteiger partial charge is 0.397 e. The fourth-order valence-corrected chi connectivity index (χ4v) is 1.81. The third-order valence-electron chi connectivity index (χ3n) is 2.17. The van der Waals surface area contributed by atoms with Crippen molar-refractivity contribution in [2.24, 2.45) is 0 Å². The molecule has 1 unspecified atom stereocenters. The second-order valence-corrected chi connectivity index (χ2v) is 4.80. The van der Waals surface area contributed by atoms with Gasteiger partial charge in [0.1, 0.15) is 0 Å². The van der Waals surface area contributed by atoms with Crippen molar-refractivity contribution < 1.29 is 4.74 Å². The van der Waals surface area contributed by atoms with Gasteiger partial charge in [-0.25, -0.2) is 0 Å². The summed E-state index contributed by atoms with van der Waals surface area (Å²) in [7, 11) is 1.71. The number of halogens is 1. The van der Waals surface area contributed by atoms with Crippen LogP contribution in [-0.4, -0.2) is 19.8 Å². The highest BCUT2D eigenvalue weighted by Crippen LogP contribution is 2.21. The first-order valence-corrected chi connectivity index (χ1v) is 6.02. The van der Waals surface area contributed by atoms with E-state index in [2.05, 4.69) is 34.8 Å². The lowest BCUT2D eigenvalue weighted by molar-refractivity contribution is 0.191. The topological polar surface area (TPSA) is 47.3 Å². The summed E-state index contributed by atoms with van der Waals surface area (Å²) < 4.78 is 6.18. The molecule has 0 saturated carbocycles. The predicted octanol–water partition coefficient (Wildman–Crippen LogP) is 2.71. The number of nitrogen functional groups attached to an aromatic ring is 1. The first-order chi connectivity index (χ1) is 7.13. The molecule has 4 heteroatoms. The van der Waals surface area contributed by atoms with Gasteiger partial charge in [0.25, 0.3) is 0 Å². The number of ether oxygens (including phenoxy) is 1. The second-order valence-electron chi connectivity index (χ2n) is 3.56. The second kappa shape index (κ2) is 6.17. The number of rotatable bonds is 5. The summed E-state index contributed by atoms with van der Waals surface area (Å²) in [5.41, 5.74) is 7.70. The van der Waals surface area contributed by atoms with E-state index in [-0.39, 0.29) is 0 Å². The monoisotopic (exact) mass is 320 g/mol. The standard InChI is InChI=1S/C11H17IN2O/c1-8(5-6-15-2)14-11-4-3-9(12)7-10(11)13/h3-4,7-8,14H,5-6,13H2,1-2H3. The van der Waals surface area contributed by atoms with Crippen LogP contribution in [0.3, 0.4) is 0 Å². The zero-order chi connectivity index (χ0) is 11.3. The molecule has 0 bridgehead atoms. The lowest BCUT2D eigenvalue weighted by Gasteiger charge is -2.16. The maximum atomic E-state index is 5.90. The van der Waals surface area contributed by atoms with Gasteiger partial charge >= 0.3 is 0 Å². The Balaban J connectivity index is 2.56. The SMILES string of the molecule is COCCC(C)Nc1ccc(I)cc1N. The highest BCUT2D eigenvalue weighted by Gasteiger charge is 2.04. The third kappa shape index (κ3) is 4.25. The minimum absolute atomic E-state index is 0.368. The van der Waals surface area contributed by atoms with E-state index in [1.165, 1.54) is 0 Å². The van der Waals surface area contributed by atoms with Crippen molar-refractivity contribution in [2.45, 2.75) is 19.4 Å². The summed E-state index contributed by atoms with van der Waals surface area (Å²) in [6, 6.07) is 6.39. The smallest absolute Gasteiger partial charge is 0.0576 e. The van der Waals surface area contributed by atoms with Gasteiger partial charge in [-0.1, -0.05) is 0 Å². The van der Waals surface area contributed by atoms with Crippen molar-refractivity contribution >= 4 is 34.0 Å². The Morgan fingerprint density at radius 2 is 2.27 bits per heavy atom. The van der Waals surface area contributed by atoms with Crippen LogP contribution in [0.2, 0.25) is 0 Å². The Bertz CT molecular complexity index is 317. The van der Waals surface area contributed by atoms with E-state index in [1.54, 1.807) is 7.11 Å². The summed E-state index contributed by atoms with van der Waals surface area (Å²) in [5, 5.41) is 3.36. The fraction of sp³-hybridized carbons (Fsp3) is 0.455. The van der Waals surface area contributed by atoms with Crippen LogP contribution in [0, 0.1) is 3.57 Å². The zero-order valence-corrected chi connectivity index (χ0v) is 11.2. The Morgan fingerprint density at radius 3 is 2.87 bits per heavy atom. The highest BCUT2D eigenvalue weighted by molar-refractivity contribution is 14.1. The van der Waals surface area contributed by atoms with Crippen molar-refractivity contribution in [3.8, 4) is 0 Å². The van der Waals surface area contributed by atoms with Crippen LogP contribution in [0.25, 0.3) is 0 Å². The number of methoxy groups -OCH3 is 1. The van der Waals surface area contributed by atoms with Crippen LogP contribution in [0.5, 0.6) is 0 Å². The van der Waals surface area contributed by atoms with Crippen LogP contribution in [0.1, 0.15) is 13.3 Å². The van der Waals surface area contributed by atoms with E-state index >= 15 is 0 Å². The molecule has 0 amide bonds. The molecule has 15 heavy (non-hydrogen) atoms. The van der Waals surface area contributed by atoms with E-state index < -0.39 is 0 Å². The number of anilines is 2.